The zero-order valence-corrected chi connectivity index (χ0v) is 18.7. The van der Waals surface area contributed by atoms with Crippen LogP contribution in [0.1, 0.15) is 23.6 Å². The molecule has 0 radical (unpaired) electrons. The van der Waals surface area contributed by atoms with Crippen LogP contribution >= 0.6 is 11.3 Å². The molecule has 0 spiro atoms. The number of aromatic nitrogens is 1. The van der Waals surface area contributed by atoms with Gasteiger partial charge in [0.2, 0.25) is 15.9 Å². The predicted octanol–water partition coefficient (Wildman–Crippen LogP) is 3.53. The number of aryl methyl sites for hydroxylation is 1. The Kier molecular flexibility index (Phi) is 5.04. The van der Waals surface area contributed by atoms with Crippen molar-refractivity contribution in [1.82, 2.24) is 4.98 Å². The molecule has 3 aromatic rings. The minimum Gasteiger partial charge on any atom is -0.306 e. The molecule has 2 aromatic heterocycles. The Bertz CT molecular complexity index is 1240. The van der Waals surface area contributed by atoms with E-state index in [1.807, 2.05) is 31.2 Å². The number of hydrogen-bond acceptors (Lipinski definition) is 5. The van der Waals surface area contributed by atoms with Gasteiger partial charge in [0.15, 0.2) is 0 Å². The van der Waals surface area contributed by atoms with Crippen LogP contribution in [0.25, 0.3) is 11.3 Å². The van der Waals surface area contributed by atoms with E-state index in [9.17, 15) is 13.2 Å². The fourth-order valence-corrected chi connectivity index (χ4v) is 6.21. The molecule has 1 amide bonds. The lowest BCUT2D eigenvalue weighted by atomic mass is 9.85. The molecule has 1 aromatic carbocycles. The number of anilines is 1. The Morgan fingerprint density at radius 1 is 1.17 bits per heavy atom. The summed E-state index contributed by atoms with van der Waals surface area (Å²) in [7, 11) is -2.12. The van der Waals surface area contributed by atoms with Crippen LogP contribution in [0.3, 0.4) is 0 Å². The lowest BCUT2D eigenvalue weighted by Gasteiger charge is -2.28. The van der Waals surface area contributed by atoms with Crippen LogP contribution in [-0.2, 0) is 27.7 Å². The molecule has 30 heavy (non-hydrogen) atoms. The van der Waals surface area contributed by atoms with Gasteiger partial charge in [-0.3, -0.25) is 9.78 Å². The van der Waals surface area contributed by atoms with Crippen molar-refractivity contribution in [2.45, 2.75) is 30.9 Å². The first-order chi connectivity index (χ1) is 14.1. The number of sulfonamides is 1. The Morgan fingerprint density at radius 3 is 2.53 bits per heavy atom. The number of benzene rings is 1. The fourth-order valence-electron chi connectivity index (χ4n) is 4.11. The van der Waals surface area contributed by atoms with Crippen molar-refractivity contribution in [2.24, 2.45) is 10.6 Å². The maximum Gasteiger partial charge on any atom is 0.247 e. The largest absolute Gasteiger partial charge is 0.306 e. The van der Waals surface area contributed by atoms with Gasteiger partial charge in [0.1, 0.15) is 4.21 Å². The first-order valence-electron chi connectivity index (χ1n) is 9.53. The monoisotopic (exact) mass is 441 g/mol. The van der Waals surface area contributed by atoms with E-state index in [-0.39, 0.29) is 10.1 Å². The summed E-state index contributed by atoms with van der Waals surface area (Å²) in [6.07, 6.45) is 3.03. The van der Waals surface area contributed by atoms with Gasteiger partial charge < -0.3 is 4.90 Å². The SMILES string of the molecule is Cc1cc(N(C)C(=O)C2(C)Cc3ccc(-c4ccccn4)cc3C2)sc1S(N)(=O)=O. The number of primary sulfonamides is 1. The van der Waals surface area contributed by atoms with Gasteiger partial charge in [0.05, 0.1) is 16.1 Å². The van der Waals surface area contributed by atoms with E-state index in [1.165, 1.54) is 0 Å². The average molecular weight is 442 g/mol. The number of carbonyl (C=O) groups is 1. The lowest BCUT2D eigenvalue weighted by Crippen LogP contribution is -2.40. The zero-order valence-electron chi connectivity index (χ0n) is 17.0. The van der Waals surface area contributed by atoms with Crippen LogP contribution in [0, 0.1) is 12.3 Å². The van der Waals surface area contributed by atoms with Crippen molar-refractivity contribution in [1.29, 1.82) is 0 Å². The number of nitrogens with two attached hydrogens (primary N) is 1. The second-order valence-electron chi connectivity index (χ2n) is 8.08. The molecule has 1 aliphatic rings. The molecule has 1 atom stereocenters. The summed E-state index contributed by atoms with van der Waals surface area (Å²) < 4.78 is 23.6. The Hall–Kier alpha value is -2.55. The quantitative estimate of drug-likeness (QED) is 0.670. The summed E-state index contributed by atoms with van der Waals surface area (Å²) in [6, 6.07) is 13.7. The molecule has 6 nitrogen and oxygen atoms in total. The third-order valence-corrected chi connectivity index (χ3v) is 8.49. The average Bonchev–Trinajstić information content (AvgIpc) is 3.27. The number of nitrogens with zero attached hydrogens (tertiary/aromatic N) is 2. The van der Waals surface area contributed by atoms with E-state index in [1.54, 1.807) is 31.1 Å². The van der Waals surface area contributed by atoms with Gasteiger partial charge >= 0.3 is 0 Å². The van der Waals surface area contributed by atoms with E-state index in [0.29, 0.717) is 23.4 Å². The van der Waals surface area contributed by atoms with Gasteiger partial charge in [-0.1, -0.05) is 25.1 Å². The number of thiophene rings is 1. The molecule has 1 aliphatic carbocycles. The van der Waals surface area contributed by atoms with Crippen LogP contribution < -0.4 is 10.0 Å². The number of hydrogen-bond donors (Lipinski definition) is 1. The third-order valence-electron chi connectivity index (χ3n) is 5.60. The van der Waals surface area contributed by atoms with Crippen LogP contribution in [0.4, 0.5) is 5.00 Å². The topological polar surface area (TPSA) is 93.4 Å². The van der Waals surface area contributed by atoms with E-state index >= 15 is 0 Å². The molecule has 2 heterocycles. The Balaban J connectivity index is 1.60. The van der Waals surface area contributed by atoms with Crippen molar-refractivity contribution in [3.63, 3.8) is 0 Å². The van der Waals surface area contributed by atoms with E-state index in [0.717, 1.165) is 33.7 Å². The van der Waals surface area contributed by atoms with E-state index in [2.05, 4.69) is 17.1 Å². The van der Waals surface area contributed by atoms with Crippen molar-refractivity contribution in [2.75, 3.05) is 11.9 Å². The van der Waals surface area contributed by atoms with Gasteiger partial charge in [-0.2, -0.15) is 0 Å². The summed E-state index contributed by atoms with van der Waals surface area (Å²) >= 11 is 1.03. The van der Waals surface area contributed by atoms with Gasteiger partial charge in [-0.05, 0) is 60.7 Å². The standard InChI is InChI=1S/C22H23N3O3S2/c1-14-10-19(29-20(14)30(23,27)28)25(3)21(26)22(2)12-16-8-7-15(11-17(16)13-22)18-6-4-5-9-24-18/h4-11H,12-13H2,1-3H3,(H2,23,27,28). The summed E-state index contributed by atoms with van der Waals surface area (Å²) in [5.41, 5.74) is 4.20. The Labute approximate surface area is 180 Å². The van der Waals surface area contributed by atoms with E-state index in [4.69, 9.17) is 5.14 Å². The van der Waals surface area contributed by atoms with Gasteiger partial charge in [-0.25, -0.2) is 13.6 Å². The highest BCUT2D eigenvalue weighted by molar-refractivity contribution is 7.91. The molecule has 1 unspecified atom stereocenters. The minimum atomic E-state index is -3.81. The first-order valence-corrected chi connectivity index (χ1v) is 11.9. The highest BCUT2D eigenvalue weighted by Gasteiger charge is 2.42. The van der Waals surface area contributed by atoms with Crippen LogP contribution in [0.2, 0.25) is 0 Å². The molecule has 8 heteroatoms. The van der Waals surface area contributed by atoms with Gasteiger partial charge in [0, 0.05) is 18.8 Å². The minimum absolute atomic E-state index is 0.0414. The summed E-state index contributed by atoms with van der Waals surface area (Å²) in [5.74, 6) is -0.0414. The maximum atomic E-state index is 13.4. The molecule has 0 saturated heterocycles. The molecular formula is C22H23N3O3S2. The second-order valence-corrected chi connectivity index (χ2v) is 10.9. The number of carbonyl (C=O) groups excluding carboxylic acids is 1. The van der Waals surface area contributed by atoms with Crippen LogP contribution in [0.5, 0.6) is 0 Å². The zero-order chi connectivity index (χ0) is 21.7. The van der Waals surface area contributed by atoms with Crippen LogP contribution in [-0.4, -0.2) is 26.4 Å². The van der Waals surface area contributed by atoms with Gasteiger partial charge in [0.25, 0.3) is 0 Å². The smallest absolute Gasteiger partial charge is 0.247 e. The van der Waals surface area contributed by atoms with Crippen molar-refractivity contribution in [3.8, 4) is 11.3 Å². The number of fused-ring (bicyclic) bond motifs is 1. The summed E-state index contributed by atoms with van der Waals surface area (Å²) in [6.45, 7) is 3.65. The molecule has 0 saturated carbocycles. The van der Waals surface area contributed by atoms with Crippen molar-refractivity contribution in [3.05, 3.63) is 65.4 Å². The van der Waals surface area contributed by atoms with Crippen molar-refractivity contribution < 1.29 is 13.2 Å². The van der Waals surface area contributed by atoms with E-state index < -0.39 is 15.4 Å². The molecule has 0 fully saturated rings. The highest BCUT2D eigenvalue weighted by Crippen LogP contribution is 2.41. The number of rotatable bonds is 4. The highest BCUT2D eigenvalue weighted by atomic mass is 32.2. The third kappa shape index (κ3) is 3.66. The number of amides is 1. The fraction of sp³-hybridized carbons (Fsp3) is 0.273. The summed E-state index contributed by atoms with van der Waals surface area (Å²) in [4.78, 5) is 19.4. The van der Waals surface area contributed by atoms with Gasteiger partial charge in [-0.15, -0.1) is 11.3 Å². The number of pyridine rings is 1. The maximum absolute atomic E-state index is 13.4. The molecule has 0 aliphatic heterocycles. The summed E-state index contributed by atoms with van der Waals surface area (Å²) in [5, 5.41) is 5.87. The molecular weight excluding hydrogens is 418 g/mol. The van der Waals surface area contributed by atoms with Crippen LogP contribution in [0.15, 0.2) is 52.9 Å². The molecule has 156 valence electrons. The Morgan fingerprint density at radius 2 is 1.90 bits per heavy atom. The molecule has 2 N–H and O–H groups in total. The second kappa shape index (κ2) is 7.30. The van der Waals surface area contributed by atoms with Crippen molar-refractivity contribution >= 4 is 32.3 Å². The molecule has 4 rings (SSSR count). The lowest BCUT2D eigenvalue weighted by molar-refractivity contribution is -0.126. The normalized spacial score (nSPS) is 18.3. The first kappa shape index (κ1) is 20.7. The predicted molar refractivity (Wildman–Crippen MR) is 119 cm³/mol. The molecule has 0 bridgehead atoms.